The number of rotatable bonds is 7. The van der Waals surface area contributed by atoms with Crippen molar-refractivity contribution in [3.63, 3.8) is 0 Å². The molecule has 0 amide bonds. The summed E-state index contributed by atoms with van der Waals surface area (Å²) in [6.45, 7) is 5.18. The van der Waals surface area contributed by atoms with Crippen molar-refractivity contribution in [2.24, 2.45) is 5.92 Å². The molecule has 0 aliphatic carbocycles. The molecule has 1 rings (SSSR count). The van der Waals surface area contributed by atoms with Crippen LogP contribution in [-0.4, -0.2) is 38.1 Å². The van der Waals surface area contributed by atoms with Crippen molar-refractivity contribution in [2.45, 2.75) is 18.7 Å². The van der Waals surface area contributed by atoms with Crippen LogP contribution in [0.5, 0.6) is 0 Å². The van der Waals surface area contributed by atoms with Gasteiger partial charge in [0.25, 0.3) is 0 Å². The van der Waals surface area contributed by atoms with Crippen molar-refractivity contribution in [3.05, 3.63) is 17.7 Å². The van der Waals surface area contributed by atoms with Gasteiger partial charge in [-0.15, -0.1) is 0 Å². The first-order chi connectivity index (χ1) is 8.42. The lowest BCUT2D eigenvalue weighted by atomic mass is 10.2. The van der Waals surface area contributed by atoms with Crippen LogP contribution in [0, 0.1) is 5.92 Å². The number of aromatic nitrogens is 2. The van der Waals surface area contributed by atoms with E-state index in [0.717, 1.165) is 12.4 Å². The summed E-state index contributed by atoms with van der Waals surface area (Å²) in [5, 5.41) is 0.00853. The van der Waals surface area contributed by atoms with Gasteiger partial charge in [-0.3, -0.25) is 0 Å². The highest BCUT2D eigenvalue weighted by molar-refractivity contribution is 7.89. The summed E-state index contributed by atoms with van der Waals surface area (Å²) in [7, 11) is -3.59. The lowest BCUT2D eigenvalue weighted by Crippen LogP contribution is -2.28. The Hall–Kier alpha value is -0.760. The predicted molar refractivity (Wildman–Crippen MR) is 67.9 cm³/mol. The molecular formula is C10H16ClN3O3S. The van der Waals surface area contributed by atoms with Gasteiger partial charge in [0.15, 0.2) is 0 Å². The third-order valence-electron chi connectivity index (χ3n) is 1.90. The molecule has 1 aromatic heterocycles. The van der Waals surface area contributed by atoms with Gasteiger partial charge in [0.1, 0.15) is 4.90 Å². The molecule has 0 aromatic carbocycles. The van der Waals surface area contributed by atoms with E-state index in [0.29, 0.717) is 19.1 Å². The molecule has 0 atom stereocenters. The fourth-order valence-corrected chi connectivity index (χ4v) is 2.09. The molecule has 0 aliphatic heterocycles. The zero-order valence-corrected chi connectivity index (χ0v) is 11.8. The zero-order chi connectivity index (χ0) is 13.6. The van der Waals surface area contributed by atoms with Gasteiger partial charge in [0, 0.05) is 13.2 Å². The highest BCUT2D eigenvalue weighted by atomic mass is 35.5. The Bertz CT molecular complexity index is 462. The van der Waals surface area contributed by atoms with E-state index in [1.165, 1.54) is 0 Å². The molecule has 102 valence electrons. The molecule has 0 fully saturated rings. The van der Waals surface area contributed by atoms with E-state index in [-0.39, 0.29) is 16.7 Å². The maximum Gasteiger partial charge on any atom is 0.243 e. The van der Waals surface area contributed by atoms with Gasteiger partial charge in [-0.1, -0.05) is 13.8 Å². The van der Waals surface area contributed by atoms with Gasteiger partial charge < -0.3 is 4.74 Å². The van der Waals surface area contributed by atoms with Crippen LogP contribution in [0.4, 0.5) is 0 Å². The van der Waals surface area contributed by atoms with Crippen LogP contribution in [-0.2, 0) is 14.8 Å². The second-order valence-corrected chi connectivity index (χ2v) is 6.16. The van der Waals surface area contributed by atoms with Crippen molar-refractivity contribution in [2.75, 3.05) is 19.8 Å². The summed E-state index contributed by atoms with van der Waals surface area (Å²) >= 11 is 5.48. The maximum atomic E-state index is 11.8. The van der Waals surface area contributed by atoms with Crippen molar-refractivity contribution >= 4 is 21.6 Å². The number of halogens is 1. The number of hydrogen-bond acceptors (Lipinski definition) is 5. The first kappa shape index (κ1) is 15.3. The van der Waals surface area contributed by atoms with Crippen LogP contribution in [0.2, 0.25) is 5.28 Å². The number of ether oxygens (including phenoxy) is 1. The van der Waals surface area contributed by atoms with Crippen LogP contribution < -0.4 is 4.72 Å². The molecule has 0 spiro atoms. The predicted octanol–water partition coefficient (Wildman–Crippen LogP) is 1.08. The van der Waals surface area contributed by atoms with Crippen LogP contribution in [0.1, 0.15) is 13.8 Å². The normalized spacial score (nSPS) is 12.0. The number of sulfonamides is 1. The summed E-state index contributed by atoms with van der Waals surface area (Å²) in [6.07, 6.45) is 2.32. The first-order valence-electron chi connectivity index (χ1n) is 5.47. The van der Waals surface area contributed by atoms with Gasteiger partial charge in [-0.2, -0.15) is 0 Å². The maximum absolute atomic E-state index is 11.8. The van der Waals surface area contributed by atoms with E-state index >= 15 is 0 Å². The Morgan fingerprint density at radius 1 is 1.39 bits per heavy atom. The van der Waals surface area contributed by atoms with Crippen molar-refractivity contribution in [1.82, 2.24) is 14.7 Å². The van der Waals surface area contributed by atoms with Crippen LogP contribution in [0.3, 0.4) is 0 Å². The average Bonchev–Trinajstić information content (AvgIpc) is 2.28. The topological polar surface area (TPSA) is 81.2 Å². The number of nitrogens with zero attached hydrogens (tertiary/aromatic N) is 2. The highest BCUT2D eigenvalue weighted by Gasteiger charge is 2.14. The summed E-state index contributed by atoms with van der Waals surface area (Å²) in [4.78, 5) is 7.22. The smallest absolute Gasteiger partial charge is 0.243 e. The first-order valence-corrected chi connectivity index (χ1v) is 7.33. The molecule has 1 heterocycles. The Balaban J connectivity index is 2.43. The summed E-state index contributed by atoms with van der Waals surface area (Å²) in [6, 6.07) is 0. The molecule has 1 N–H and O–H groups in total. The second-order valence-electron chi connectivity index (χ2n) is 4.05. The van der Waals surface area contributed by atoms with E-state index < -0.39 is 10.0 Å². The zero-order valence-electron chi connectivity index (χ0n) is 10.3. The average molecular weight is 294 g/mol. The second kappa shape index (κ2) is 6.98. The molecule has 0 bridgehead atoms. The monoisotopic (exact) mass is 293 g/mol. The van der Waals surface area contributed by atoms with Gasteiger partial charge >= 0.3 is 0 Å². The van der Waals surface area contributed by atoms with Crippen LogP contribution >= 0.6 is 11.6 Å². The minimum absolute atomic E-state index is 0.00853. The van der Waals surface area contributed by atoms with Gasteiger partial charge in [0.2, 0.25) is 15.3 Å². The summed E-state index contributed by atoms with van der Waals surface area (Å²) < 4.78 is 31.2. The minimum Gasteiger partial charge on any atom is -0.380 e. The molecule has 0 radical (unpaired) electrons. The molecule has 0 saturated carbocycles. The fraction of sp³-hybridized carbons (Fsp3) is 0.600. The Morgan fingerprint density at radius 3 is 2.56 bits per heavy atom. The molecule has 0 saturated heterocycles. The fourth-order valence-electron chi connectivity index (χ4n) is 1.09. The van der Waals surface area contributed by atoms with Crippen molar-refractivity contribution < 1.29 is 13.2 Å². The van der Waals surface area contributed by atoms with E-state index in [1.807, 2.05) is 13.8 Å². The molecule has 18 heavy (non-hydrogen) atoms. The number of hydrogen-bond donors (Lipinski definition) is 1. The Morgan fingerprint density at radius 2 is 2.00 bits per heavy atom. The lowest BCUT2D eigenvalue weighted by Gasteiger charge is -2.08. The Labute approximate surface area is 112 Å². The van der Waals surface area contributed by atoms with Gasteiger partial charge in [-0.25, -0.2) is 23.1 Å². The van der Waals surface area contributed by atoms with Crippen LogP contribution in [0.15, 0.2) is 17.3 Å². The third-order valence-corrected chi connectivity index (χ3v) is 3.51. The molecule has 0 aliphatic rings. The molecule has 0 unspecified atom stereocenters. The minimum atomic E-state index is -3.59. The number of nitrogens with one attached hydrogen (secondary N) is 1. The summed E-state index contributed by atoms with van der Waals surface area (Å²) in [5.41, 5.74) is 0. The summed E-state index contributed by atoms with van der Waals surface area (Å²) in [5.74, 6) is 0.422. The van der Waals surface area contributed by atoms with E-state index in [4.69, 9.17) is 16.3 Å². The lowest BCUT2D eigenvalue weighted by molar-refractivity contribution is 0.114. The quantitative estimate of drug-likeness (QED) is 0.601. The van der Waals surface area contributed by atoms with E-state index in [2.05, 4.69) is 14.7 Å². The molecule has 8 heteroatoms. The molecular weight excluding hydrogens is 278 g/mol. The largest absolute Gasteiger partial charge is 0.380 e. The molecule has 6 nitrogen and oxygen atoms in total. The Kier molecular flexibility index (Phi) is 5.94. The van der Waals surface area contributed by atoms with Gasteiger partial charge in [0.05, 0.1) is 19.0 Å². The molecule has 1 aromatic rings. The van der Waals surface area contributed by atoms with Crippen LogP contribution in [0.25, 0.3) is 0 Å². The SMILES string of the molecule is CC(C)COCCNS(=O)(=O)c1cnc(Cl)nc1. The third kappa shape index (κ3) is 5.26. The van der Waals surface area contributed by atoms with Gasteiger partial charge in [-0.05, 0) is 17.5 Å². The van der Waals surface area contributed by atoms with E-state index in [9.17, 15) is 8.42 Å². The van der Waals surface area contributed by atoms with Crippen molar-refractivity contribution in [1.29, 1.82) is 0 Å². The standard InChI is InChI=1S/C10H16ClN3O3S/c1-8(2)7-17-4-3-14-18(15,16)9-5-12-10(11)13-6-9/h5-6,8,14H,3-4,7H2,1-2H3. The van der Waals surface area contributed by atoms with E-state index in [1.54, 1.807) is 0 Å². The van der Waals surface area contributed by atoms with Crippen molar-refractivity contribution in [3.8, 4) is 0 Å². The highest BCUT2D eigenvalue weighted by Crippen LogP contribution is 2.06.